The molecular weight excluding hydrogens is 475 g/mol. The molecule has 0 N–H and O–H groups in total. The third-order valence-corrected chi connectivity index (χ3v) is 5.77. The highest BCUT2D eigenvalue weighted by Gasteiger charge is 2.35. The van der Waals surface area contributed by atoms with Gasteiger partial charge in [-0.3, -0.25) is 4.79 Å². The van der Waals surface area contributed by atoms with Gasteiger partial charge in [0, 0.05) is 29.9 Å². The van der Waals surface area contributed by atoms with Crippen molar-refractivity contribution in [2.45, 2.75) is 6.18 Å². The van der Waals surface area contributed by atoms with Crippen LogP contribution in [0, 0.1) is 0 Å². The van der Waals surface area contributed by atoms with Crippen LogP contribution in [0.25, 0.3) is 16.9 Å². The van der Waals surface area contributed by atoms with E-state index in [1.165, 1.54) is 18.1 Å². The zero-order valence-electron chi connectivity index (χ0n) is 19.2. The number of carbonyl (C=O) groups excluding carboxylic acids is 1. The second-order valence-corrected chi connectivity index (χ2v) is 7.98. The van der Waals surface area contributed by atoms with Gasteiger partial charge in [-0.25, -0.2) is 4.68 Å². The van der Waals surface area contributed by atoms with Gasteiger partial charge in [-0.05, 0) is 48.5 Å². The van der Waals surface area contributed by atoms with Crippen LogP contribution in [0.15, 0.2) is 72.8 Å². The molecule has 184 valence electrons. The Labute approximate surface area is 204 Å². The number of halogens is 3. The Morgan fingerprint density at radius 3 is 2.56 bits per heavy atom. The molecule has 5 rings (SSSR count). The Bertz CT molecular complexity index is 1450. The monoisotopic (exact) mass is 495 g/mol. The number of carbonyl (C=O) groups is 1. The van der Waals surface area contributed by atoms with Gasteiger partial charge >= 0.3 is 6.18 Å². The maximum atomic E-state index is 13.6. The summed E-state index contributed by atoms with van der Waals surface area (Å²) in [5, 5.41) is 3.83. The fourth-order valence-corrected chi connectivity index (χ4v) is 3.94. The third-order valence-electron chi connectivity index (χ3n) is 5.77. The Morgan fingerprint density at radius 2 is 1.78 bits per heavy atom. The largest absolute Gasteiger partial charge is 0.496 e. The number of rotatable bonds is 5. The van der Waals surface area contributed by atoms with E-state index in [0.717, 1.165) is 10.7 Å². The van der Waals surface area contributed by atoms with E-state index in [0.29, 0.717) is 28.5 Å². The summed E-state index contributed by atoms with van der Waals surface area (Å²) in [6.07, 6.45) is -4.66. The molecule has 1 amide bonds. The van der Waals surface area contributed by atoms with E-state index in [2.05, 4.69) is 5.10 Å². The van der Waals surface area contributed by atoms with Crippen LogP contribution >= 0.6 is 0 Å². The van der Waals surface area contributed by atoms with Crippen LogP contribution in [0.3, 0.4) is 0 Å². The number of para-hydroxylation sites is 1. The first kappa shape index (κ1) is 23.3. The van der Waals surface area contributed by atoms with Crippen molar-refractivity contribution in [2.75, 3.05) is 25.9 Å². The maximum absolute atomic E-state index is 13.6. The lowest BCUT2D eigenvalue weighted by molar-refractivity contribution is -0.141. The van der Waals surface area contributed by atoms with E-state index in [-0.39, 0.29) is 29.6 Å². The molecule has 0 aliphatic carbocycles. The van der Waals surface area contributed by atoms with Crippen LogP contribution in [-0.2, 0) is 6.18 Å². The molecular formula is C26H20F3N3O4. The standard InChI is InChI=1S/C26H20F3N3O4/c1-31(17-10-11-22-23(13-17)36-15-35-22)25(33)16-6-5-7-18(12-16)32-20(14-24(30-32)26(27,28)29)19-8-3-4-9-21(19)34-2/h3-14H,15H2,1-2H3. The molecule has 0 fully saturated rings. The fraction of sp³-hybridized carbons (Fsp3) is 0.154. The van der Waals surface area contributed by atoms with Crippen molar-refractivity contribution >= 4 is 11.6 Å². The van der Waals surface area contributed by atoms with Crippen LogP contribution in [0.4, 0.5) is 18.9 Å². The van der Waals surface area contributed by atoms with E-state index in [4.69, 9.17) is 14.2 Å². The van der Waals surface area contributed by atoms with Gasteiger partial charge < -0.3 is 19.1 Å². The van der Waals surface area contributed by atoms with E-state index in [9.17, 15) is 18.0 Å². The van der Waals surface area contributed by atoms with E-state index in [1.807, 2.05) is 0 Å². The van der Waals surface area contributed by atoms with E-state index in [1.54, 1.807) is 67.7 Å². The number of methoxy groups -OCH3 is 1. The molecule has 2 heterocycles. The van der Waals surface area contributed by atoms with Crippen LogP contribution in [0.5, 0.6) is 17.2 Å². The summed E-state index contributed by atoms with van der Waals surface area (Å²) in [4.78, 5) is 14.7. The smallest absolute Gasteiger partial charge is 0.435 e. The minimum atomic E-state index is -4.66. The first-order valence-corrected chi connectivity index (χ1v) is 10.8. The Hall–Kier alpha value is -4.47. The summed E-state index contributed by atoms with van der Waals surface area (Å²) in [5.74, 6) is 1.14. The molecule has 0 spiro atoms. The lowest BCUT2D eigenvalue weighted by Crippen LogP contribution is -2.26. The topological polar surface area (TPSA) is 65.8 Å². The molecule has 10 heteroatoms. The molecule has 0 saturated carbocycles. The number of benzene rings is 3. The van der Waals surface area contributed by atoms with Crippen LogP contribution in [-0.4, -0.2) is 36.6 Å². The second kappa shape index (κ2) is 8.95. The number of aromatic nitrogens is 2. The number of ether oxygens (including phenoxy) is 3. The third kappa shape index (κ3) is 4.21. The molecule has 0 radical (unpaired) electrons. The normalized spacial score (nSPS) is 12.5. The van der Waals surface area contributed by atoms with Gasteiger partial charge in [0.25, 0.3) is 5.91 Å². The molecule has 4 aromatic rings. The predicted molar refractivity (Wildman–Crippen MR) is 126 cm³/mol. The van der Waals surface area contributed by atoms with Crippen LogP contribution < -0.4 is 19.1 Å². The summed E-state index contributed by atoms with van der Waals surface area (Å²) in [7, 11) is 3.04. The van der Waals surface area contributed by atoms with Crippen molar-refractivity contribution in [3.8, 4) is 34.2 Å². The molecule has 3 aromatic carbocycles. The summed E-state index contributed by atoms with van der Waals surface area (Å²) in [5.41, 5.74) is 0.671. The molecule has 0 unspecified atom stereocenters. The Morgan fingerprint density at radius 1 is 1.00 bits per heavy atom. The Kier molecular flexibility index (Phi) is 5.79. The number of nitrogens with zero attached hydrogens (tertiary/aromatic N) is 3. The Balaban J connectivity index is 1.55. The van der Waals surface area contributed by atoms with E-state index < -0.39 is 11.9 Å². The SMILES string of the molecule is COc1ccccc1-c1cc(C(F)(F)F)nn1-c1cccc(C(=O)N(C)c2ccc3c(c2)OCO3)c1. The minimum absolute atomic E-state index is 0.108. The summed E-state index contributed by atoms with van der Waals surface area (Å²) in [6.45, 7) is 0.108. The zero-order chi connectivity index (χ0) is 25.4. The van der Waals surface area contributed by atoms with Gasteiger partial charge in [-0.1, -0.05) is 18.2 Å². The van der Waals surface area contributed by atoms with Crippen molar-refractivity contribution in [1.82, 2.24) is 9.78 Å². The van der Waals surface area contributed by atoms with E-state index >= 15 is 0 Å². The number of alkyl halides is 3. The van der Waals surface area contributed by atoms with Crippen molar-refractivity contribution < 1.29 is 32.2 Å². The molecule has 0 bridgehead atoms. The number of hydrogen-bond donors (Lipinski definition) is 0. The molecule has 36 heavy (non-hydrogen) atoms. The van der Waals surface area contributed by atoms with Crippen molar-refractivity contribution in [1.29, 1.82) is 0 Å². The average Bonchev–Trinajstić information content (AvgIpc) is 3.55. The van der Waals surface area contributed by atoms with Gasteiger partial charge in [-0.15, -0.1) is 0 Å². The summed E-state index contributed by atoms with van der Waals surface area (Å²) in [6, 6.07) is 19.1. The molecule has 1 aliphatic rings. The minimum Gasteiger partial charge on any atom is -0.496 e. The van der Waals surface area contributed by atoms with Crippen molar-refractivity contribution in [3.63, 3.8) is 0 Å². The molecule has 0 saturated heterocycles. The second-order valence-electron chi connectivity index (χ2n) is 7.98. The number of amides is 1. The molecule has 0 atom stereocenters. The van der Waals surface area contributed by atoms with Crippen molar-refractivity contribution in [3.05, 3.63) is 84.1 Å². The quantitative estimate of drug-likeness (QED) is 0.362. The lowest BCUT2D eigenvalue weighted by Gasteiger charge is -2.18. The predicted octanol–water partition coefficient (Wildman–Crippen LogP) is 5.57. The molecule has 7 nitrogen and oxygen atoms in total. The average molecular weight is 495 g/mol. The highest BCUT2D eigenvalue weighted by molar-refractivity contribution is 6.06. The molecule has 1 aliphatic heterocycles. The highest BCUT2D eigenvalue weighted by Crippen LogP contribution is 2.37. The van der Waals surface area contributed by atoms with Crippen LogP contribution in [0.1, 0.15) is 16.1 Å². The van der Waals surface area contributed by atoms with Gasteiger partial charge in [-0.2, -0.15) is 18.3 Å². The first-order chi connectivity index (χ1) is 17.3. The summed E-state index contributed by atoms with van der Waals surface area (Å²) >= 11 is 0. The number of anilines is 1. The van der Waals surface area contributed by atoms with Crippen LogP contribution in [0.2, 0.25) is 0 Å². The van der Waals surface area contributed by atoms with Gasteiger partial charge in [0.15, 0.2) is 17.2 Å². The molecule has 1 aromatic heterocycles. The number of hydrogen-bond acceptors (Lipinski definition) is 5. The fourth-order valence-electron chi connectivity index (χ4n) is 3.94. The highest BCUT2D eigenvalue weighted by atomic mass is 19.4. The lowest BCUT2D eigenvalue weighted by atomic mass is 10.1. The van der Waals surface area contributed by atoms with Crippen molar-refractivity contribution in [2.24, 2.45) is 0 Å². The van der Waals surface area contributed by atoms with Gasteiger partial charge in [0.2, 0.25) is 6.79 Å². The first-order valence-electron chi connectivity index (χ1n) is 10.8. The zero-order valence-corrected chi connectivity index (χ0v) is 19.2. The van der Waals surface area contributed by atoms with Gasteiger partial charge in [0.1, 0.15) is 5.75 Å². The number of fused-ring (bicyclic) bond motifs is 1. The maximum Gasteiger partial charge on any atom is 0.435 e. The summed E-state index contributed by atoms with van der Waals surface area (Å²) < 4.78 is 58.0. The van der Waals surface area contributed by atoms with Gasteiger partial charge in [0.05, 0.1) is 18.5 Å².